The number of carboxylic acid groups (broad SMARTS) is 1. The third kappa shape index (κ3) is 8.68. The van der Waals surface area contributed by atoms with Crippen molar-refractivity contribution in [3.05, 3.63) is 0 Å². The summed E-state index contributed by atoms with van der Waals surface area (Å²) < 4.78 is 6.54. The van der Waals surface area contributed by atoms with Crippen LogP contribution in [0.3, 0.4) is 0 Å². The molecule has 0 heterocycles. The van der Waals surface area contributed by atoms with Crippen LogP contribution in [0.4, 0.5) is 0 Å². The third-order valence-electron chi connectivity index (χ3n) is 2.87. The summed E-state index contributed by atoms with van der Waals surface area (Å²) in [4.78, 5) is 9.26. The van der Waals surface area contributed by atoms with E-state index in [4.69, 9.17) is 4.74 Å². The van der Waals surface area contributed by atoms with Crippen molar-refractivity contribution in [1.29, 1.82) is 0 Å². The fourth-order valence-electron chi connectivity index (χ4n) is 1.23. The van der Waals surface area contributed by atoms with Crippen molar-refractivity contribution in [2.75, 3.05) is 33.0 Å². The highest BCUT2D eigenvalue weighted by molar-refractivity contribution is 5.63. The van der Waals surface area contributed by atoms with Crippen LogP contribution >= 0.6 is 0 Å². The van der Waals surface area contributed by atoms with E-state index in [0.29, 0.717) is 0 Å². The first-order valence-corrected chi connectivity index (χ1v) is 6.14. The molecule has 0 aromatic carbocycles. The molecule has 0 saturated carbocycles. The summed E-state index contributed by atoms with van der Waals surface area (Å²) in [5.41, 5.74) is 0. The molecule has 0 saturated heterocycles. The van der Waals surface area contributed by atoms with Crippen LogP contribution < -0.4 is 5.11 Å². The van der Waals surface area contributed by atoms with E-state index in [1.807, 2.05) is 0 Å². The Hall–Kier alpha value is -0.610. The van der Waals surface area contributed by atoms with E-state index in [1.54, 1.807) is 0 Å². The smallest absolute Gasteiger partial charge is 0.183 e. The maximum absolute atomic E-state index is 9.26. The average molecular weight is 233 g/mol. The lowest BCUT2D eigenvalue weighted by atomic mass is 10.4. The highest BCUT2D eigenvalue weighted by Crippen LogP contribution is 2.05. The van der Waals surface area contributed by atoms with E-state index in [0.717, 1.165) is 17.8 Å². The van der Waals surface area contributed by atoms with Gasteiger partial charge in [0.2, 0.25) is 0 Å². The van der Waals surface area contributed by atoms with Crippen molar-refractivity contribution < 1.29 is 19.1 Å². The second-order valence-electron chi connectivity index (χ2n) is 3.64. The minimum absolute atomic E-state index is 0.111. The van der Waals surface area contributed by atoms with Crippen LogP contribution in [0.2, 0.25) is 0 Å². The molecule has 0 fully saturated rings. The van der Waals surface area contributed by atoms with Gasteiger partial charge in [0.15, 0.2) is 6.73 Å². The first kappa shape index (κ1) is 17.8. The molecule has 4 nitrogen and oxygen atoms in total. The Kier molecular flexibility index (Phi) is 12.1. The standard InChI is InChI=1S/C9H22NO.C3H6O2/c1-5-10(6-2,7-3)9-11-8-4;1-2-3(4)5/h5-9H2,1-4H3;2H2,1H3,(H,4,5)/q+1;/p-1. The van der Waals surface area contributed by atoms with E-state index in [-0.39, 0.29) is 6.42 Å². The molecule has 0 aromatic rings. The lowest BCUT2D eigenvalue weighted by Crippen LogP contribution is -2.49. The molecule has 0 unspecified atom stereocenters. The molecule has 98 valence electrons. The second kappa shape index (κ2) is 10.9. The number of ether oxygens (including phenoxy) is 1. The summed E-state index contributed by atoms with van der Waals surface area (Å²) in [6.07, 6.45) is 0.111. The molecule has 4 heteroatoms. The van der Waals surface area contributed by atoms with Gasteiger partial charge in [-0.2, -0.15) is 0 Å². The molecule has 0 aliphatic carbocycles. The van der Waals surface area contributed by atoms with Gasteiger partial charge < -0.3 is 19.1 Å². The number of quaternary nitrogens is 1. The summed E-state index contributed by atoms with van der Waals surface area (Å²) in [6.45, 7) is 15.5. The lowest BCUT2D eigenvalue weighted by Gasteiger charge is -2.34. The van der Waals surface area contributed by atoms with E-state index in [9.17, 15) is 9.90 Å². The predicted molar refractivity (Wildman–Crippen MR) is 63.7 cm³/mol. The monoisotopic (exact) mass is 233 g/mol. The average Bonchev–Trinajstić information content (AvgIpc) is 2.32. The maximum atomic E-state index is 9.26. The van der Waals surface area contributed by atoms with Gasteiger partial charge in [0.25, 0.3) is 0 Å². The number of hydrogen-bond donors (Lipinski definition) is 0. The Balaban J connectivity index is 0. The third-order valence-corrected chi connectivity index (χ3v) is 2.87. The molecule has 0 aromatic heterocycles. The van der Waals surface area contributed by atoms with Crippen LogP contribution in [0.5, 0.6) is 0 Å². The molecular formula is C12H27NO3. The van der Waals surface area contributed by atoms with Crippen molar-refractivity contribution in [2.45, 2.75) is 41.0 Å². The Labute approximate surface area is 99.8 Å². The van der Waals surface area contributed by atoms with E-state index < -0.39 is 5.97 Å². The van der Waals surface area contributed by atoms with Gasteiger partial charge in [0, 0.05) is 12.6 Å². The van der Waals surface area contributed by atoms with Crippen LogP contribution in [0, 0.1) is 0 Å². The van der Waals surface area contributed by atoms with Gasteiger partial charge in [0.1, 0.15) is 0 Å². The van der Waals surface area contributed by atoms with Gasteiger partial charge in [-0.15, -0.1) is 0 Å². The summed E-state index contributed by atoms with van der Waals surface area (Å²) in [7, 11) is 0. The Morgan fingerprint density at radius 1 is 1.06 bits per heavy atom. The fourth-order valence-corrected chi connectivity index (χ4v) is 1.23. The molecule has 0 atom stereocenters. The number of rotatable bonds is 7. The van der Waals surface area contributed by atoms with Crippen molar-refractivity contribution >= 4 is 5.97 Å². The summed E-state index contributed by atoms with van der Waals surface area (Å²) in [6, 6.07) is 0. The SMILES string of the molecule is CCC(=O)[O-].CCOC[N+](CC)(CC)CC. The molecule has 0 radical (unpaired) electrons. The number of carboxylic acids is 1. The molecule has 0 aliphatic rings. The normalized spacial score (nSPS) is 10.6. The number of hydrogen-bond acceptors (Lipinski definition) is 3. The number of nitrogens with zero attached hydrogens (tertiary/aromatic N) is 1. The zero-order valence-electron chi connectivity index (χ0n) is 11.4. The van der Waals surface area contributed by atoms with E-state index >= 15 is 0 Å². The Morgan fingerprint density at radius 2 is 1.44 bits per heavy atom. The minimum atomic E-state index is -0.995. The summed E-state index contributed by atoms with van der Waals surface area (Å²) in [5, 5.41) is 9.26. The zero-order chi connectivity index (χ0) is 13.0. The first-order valence-electron chi connectivity index (χ1n) is 6.14. The van der Waals surface area contributed by atoms with Crippen molar-refractivity contribution in [2.24, 2.45) is 0 Å². The Morgan fingerprint density at radius 3 is 1.62 bits per heavy atom. The Bertz CT molecular complexity index is 159. The van der Waals surface area contributed by atoms with Gasteiger partial charge in [-0.25, -0.2) is 0 Å². The predicted octanol–water partition coefficient (Wildman–Crippen LogP) is 1.00. The van der Waals surface area contributed by atoms with Gasteiger partial charge in [-0.05, 0) is 34.1 Å². The second-order valence-corrected chi connectivity index (χ2v) is 3.64. The first-order chi connectivity index (χ1) is 7.51. The molecule has 0 rings (SSSR count). The van der Waals surface area contributed by atoms with Crippen molar-refractivity contribution in [3.8, 4) is 0 Å². The minimum Gasteiger partial charge on any atom is -0.550 e. The van der Waals surface area contributed by atoms with E-state index in [1.165, 1.54) is 26.6 Å². The fraction of sp³-hybridized carbons (Fsp3) is 0.917. The molecule has 0 amide bonds. The largest absolute Gasteiger partial charge is 0.550 e. The highest BCUT2D eigenvalue weighted by Gasteiger charge is 2.19. The molecule has 16 heavy (non-hydrogen) atoms. The molecule has 0 aliphatic heterocycles. The van der Waals surface area contributed by atoms with Gasteiger partial charge in [-0.1, -0.05) is 6.92 Å². The van der Waals surface area contributed by atoms with Gasteiger partial charge in [0.05, 0.1) is 19.6 Å². The van der Waals surface area contributed by atoms with Crippen molar-refractivity contribution in [1.82, 2.24) is 0 Å². The molecule has 0 spiro atoms. The van der Waals surface area contributed by atoms with Crippen LogP contribution in [0.1, 0.15) is 41.0 Å². The topological polar surface area (TPSA) is 49.4 Å². The maximum Gasteiger partial charge on any atom is 0.183 e. The van der Waals surface area contributed by atoms with Crippen molar-refractivity contribution in [3.63, 3.8) is 0 Å². The molecular weight excluding hydrogens is 206 g/mol. The molecule has 0 N–H and O–H groups in total. The van der Waals surface area contributed by atoms with Crippen LogP contribution in [-0.4, -0.2) is 43.4 Å². The number of carbonyl (C=O) groups is 1. The number of carbonyl (C=O) groups excluding carboxylic acids is 1. The summed E-state index contributed by atoms with van der Waals surface area (Å²) in [5.74, 6) is -0.995. The van der Waals surface area contributed by atoms with Crippen LogP contribution in [0.25, 0.3) is 0 Å². The number of aliphatic carboxylic acids is 1. The van der Waals surface area contributed by atoms with Crippen LogP contribution in [0.15, 0.2) is 0 Å². The highest BCUT2D eigenvalue weighted by atomic mass is 16.5. The zero-order valence-corrected chi connectivity index (χ0v) is 11.4. The van der Waals surface area contributed by atoms with Gasteiger partial charge >= 0.3 is 0 Å². The quantitative estimate of drug-likeness (QED) is 0.487. The summed E-state index contributed by atoms with van der Waals surface area (Å²) >= 11 is 0. The lowest BCUT2D eigenvalue weighted by molar-refractivity contribution is -0.941. The van der Waals surface area contributed by atoms with E-state index in [2.05, 4.69) is 27.7 Å². The molecule has 0 bridgehead atoms. The van der Waals surface area contributed by atoms with Crippen LogP contribution in [-0.2, 0) is 9.53 Å². The van der Waals surface area contributed by atoms with Gasteiger partial charge in [-0.3, -0.25) is 0 Å².